The molecule has 1 aromatic heterocycles. The quantitative estimate of drug-likeness (QED) is 0.324. The van der Waals surface area contributed by atoms with Crippen molar-refractivity contribution >= 4 is 81.3 Å². The highest BCUT2D eigenvalue weighted by Crippen LogP contribution is 2.65. The molecule has 0 bridgehead atoms. The van der Waals surface area contributed by atoms with Crippen LogP contribution in [0.5, 0.6) is 0 Å². The van der Waals surface area contributed by atoms with Gasteiger partial charge in [-0.1, -0.05) is 40.9 Å². The van der Waals surface area contributed by atoms with Gasteiger partial charge >= 0.3 is 0 Å². The fourth-order valence-corrected chi connectivity index (χ4v) is 4.79. The van der Waals surface area contributed by atoms with Crippen LogP contribution >= 0.6 is 58.0 Å². The molecule has 0 saturated heterocycles. The van der Waals surface area contributed by atoms with Crippen molar-refractivity contribution in [1.29, 1.82) is 0 Å². The van der Waals surface area contributed by atoms with E-state index in [-0.39, 0.29) is 16.3 Å². The summed E-state index contributed by atoms with van der Waals surface area (Å²) in [5.74, 6) is -5.09. The van der Waals surface area contributed by atoms with Crippen LogP contribution in [0.1, 0.15) is 21.8 Å². The summed E-state index contributed by atoms with van der Waals surface area (Å²) >= 11 is 30.8. The van der Waals surface area contributed by atoms with Crippen molar-refractivity contribution in [3.63, 3.8) is 0 Å². The van der Waals surface area contributed by atoms with Crippen molar-refractivity contribution in [2.24, 2.45) is 5.92 Å². The number of aromatic nitrogens is 1. The molecule has 2 aromatic carbocycles. The Bertz CT molecular complexity index is 1320. The number of benzene rings is 2. The number of carbonyl (C=O) groups excluding carboxylic acids is 2. The number of hydrogen-bond acceptors (Lipinski definition) is 3. The lowest BCUT2D eigenvalue weighted by atomic mass is 10.1. The number of carbonyl (C=O) groups is 2. The summed E-state index contributed by atoms with van der Waals surface area (Å²) in [5, 5.41) is 5.53. The van der Waals surface area contributed by atoms with E-state index >= 15 is 0 Å². The molecular weight excluding hydrogens is 554 g/mol. The molecule has 176 valence electrons. The van der Waals surface area contributed by atoms with Crippen LogP contribution in [0, 0.1) is 17.6 Å². The van der Waals surface area contributed by atoms with Crippen molar-refractivity contribution < 1.29 is 18.4 Å². The molecule has 0 radical (unpaired) electrons. The first-order valence-corrected chi connectivity index (χ1v) is 11.4. The number of amides is 2. The number of rotatable bonds is 5. The average Bonchev–Trinajstić information content (AvgIpc) is 3.35. The van der Waals surface area contributed by atoms with Crippen LogP contribution in [0.25, 0.3) is 0 Å². The predicted molar refractivity (Wildman–Crippen MR) is 129 cm³/mol. The van der Waals surface area contributed by atoms with Gasteiger partial charge < -0.3 is 10.6 Å². The third-order valence-corrected chi connectivity index (χ3v) is 7.17. The lowest BCUT2D eigenvalue weighted by Gasteiger charge is -2.10. The molecule has 0 aliphatic heterocycles. The van der Waals surface area contributed by atoms with Crippen LogP contribution in [0.2, 0.25) is 15.1 Å². The van der Waals surface area contributed by atoms with Crippen LogP contribution in [0.3, 0.4) is 0 Å². The number of alkyl halides is 2. The Morgan fingerprint density at radius 3 is 2.29 bits per heavy atom. The van der Waals surface area contributed by atoms with E-state index in [9.17, 15) is 18.4 Å². The second kappa shape index (κ2) is 9.47. The maximum atomic E-state index is 13.8. The van der Waals surface area contributed by atoms with Gasteiger partial charge in [-0.3, -0.25) is 9.59 Å². The van der Waals surface area contributed by atoms with Crippen LogP contribution in [0.15, 0.2) is 48.7 Å². The Kier molecular flexibility index (Phi) is 6.95. The maximum Gasteiger partial charge on any atom is 0.258 e. The average molecular weight is 566 g/mol. The summed E-state index contributed by atoms with van der Waals surface area (Å²) in [4.78, 5) is 29.0. The number of hydrogen-bond donors (Lipinski definition) is 2. The third kappa shape index (κ3) is 4.95. The largest absolute Gasteiger partial charge is 0.326 e. The van der Waals surface area contributed by atoms with E-state index in [1.807, 2.05) is 0 Å². The van der Waals surface area contributed by atoms with Crippen molar-refractivity contribution in [2.45, 2.75) is 10.3 Å². The Morgan fingerprint density at radius 2 is 1.62 bits per heavy atom. The van der Waals surface area contributed by atoms with Gasteiger partial charge in [0.1, 0.15) is 10.2 Å². The molecule has 3 aromatic rings. The zero-order chi connectivity index (χ0) is 24.8. The third-order valence-electron chi connectivity index (χ3n) is 5.16. The number of halogens is 7. The van der Waals surface area contributed by atoms with Crippen LogP contribution in [0.4, 0.5) is 20.3 Å². The van der Waals surface area contributed by atoms with E-state index in [4.69, 9.17) is 58.0 Å². The summed E-state index contributed by atoms with van der Waals surface area (Å²) in [6, 6.07) is 9.56. The SMILES string of the molecule is O=C(Nc1ncc(F)cc1F)c1cc(NC(=O)[C@H]2[C@H](c3ccc(Cl)c(Cl)c3)C2(Cl)Cl)ccc1Cl. The zero-order valence-corrected chi connectivity index (χ0v) is 20.5. The molecule has 2 atom stereocenters. The maximum absolute atomic E-state index is 13.8. The molecule has 12 heteroatoms. The molecular formula is C22H12Cl5F2N3O2. The van der Waals surface area contributed by atoms with Gasteiger partial charge in [0, 0.05) is 17.7 Å². The fraction of sp³-hybridized carbons (Fsp3) is 0.136. The second-order valence-corrected chi connectivity index (χ2v) is 10.1. The van der Waals surface area contributed by atoms with Gasteiger partial charge in [-0.15, -0.1) is 23.2 Å². The molecule has 1 saturated carbocycles. The molecule has 1 aliphatic carbocycles. The minimum Gasteiger partial charge on any atom is -0.326 e. The standard InChI is InChI=1S/C22H12Cl5F2N3O2/c23-13-4-2-11(7-12(13)20(33)32-19-16(29)6-10(28)8-30-19)31-21(34)18-17(22(18,26)27)9-1-3-14(24)15(25)5-9/h1-8,17-18H,(H,31,34)(H,30,32,33)/t17-,18+/m0/s1. The first-order chi connectivity index (χ1) is 16.0. The highest BCUT2D eigenvalue weighted by molar-refractivity contribution is 6.53. The number of nitrogens with zero attached hydrogens (tertiary/aromatic N) is 1. The van der Waals surface area contributed by atoms with E-state index in [1.165, 1.54) is 18.2 Å². The van der Waals surface area contributed by atoms with E-state index < -0.39 is 45.4 Å². The Labute approximate surface area is 217 Å². The summed E-state index contributed by atoms with van der Waals surface area (Å²) in [7, 11) is 0. The van der Waals surface area contributed by atoms with E-state index in [1.54, 1.807) is 18.2 Å². The van der Waals surface area contributed by atoms with Crippen LogP contribution in [-0.4, -0.2) is 21.1 Å². The van der Waals surface area contributed by atoms with Gasteiger partial charge in [0.15, 0.2) is 11.6 Å². The number of nitrogens with one attached hydrogen (secondary N) is 2. The van der Waals surface area contributed by atoms with Crippen LogP contribution < -0.4 is 10.6 Å². The molecule has 34 heavy (non-hydrogen) atoms. The Hall–Kier alpha value is -2.16. The molecule has 2 amide bonds. The van der Waals surface area contributed by atoms with Gasteiger partial charge in [0.05, 0.1) is 32.7 Å². The molecule has 0 unspecified atom stereocenters. The minimum atomic E-state index is -1.38. The Balaban J connectivity index is 1.51. The molecule has 0 spiro atoms. The second-order valence-electron chi connectivity index (χ2n) is 7.43. The number of pyridine rings is 1. The first-order valence-electron chi connectivity index (χ1n) is 9.54. The van der Waals surface area contributed by atoms with Gasteiger partial charge in [0.2, 0.25) is 5.91 Å². The highest BCUT2D eigenvalue weighted by Gasteiger charge is 2.67. The lowest BCUT2D eigenvalue weighted by Crippen LogP contribution is -2.18. The molecule has 1 fully saturated rings. The fourth-order valence-electron chi connectivity index (χ4n) is 3.45. The summed E-state index contributed by atoms with van der Waals surface area (Å²) < 4.78 is 25.5. The normalized spacial score (nSPS) is 18.3. The highest BCUT2D eigenvalue weighted by atomic mass is 35.5. The van der Waals surface area contributed by atoms with Crippen molar-refractivity contribution in [2.75, 3.05) is 10.6 Å². The van der Waals surface area contributed by atoms with E-state index in [2.05, 4.69) is 15.6 Å². The molecule has 1 heterocycles. The van der Waals surface area contributed by atoms with Crippen molar-refractivity contribution in [1.82, 2.24) is 4.98 Å². The predicted octanol–water partition coefficient (Wildman–Crippen LogP) is 7.10. The van der Waals surface area contributed by atoms with Crippen molar-refractivity contribution in [3.05, 3.63) is 86.5 Å². The number of anilines is 2. The minimum absolute atomic E-state index is 0.0298. The van der Waals surface area contributed by atoms with Crippen molar-refractivity contribution in [3.8, 4) is 0 Å². The first kappa shape index (κ1) is 24.9. The Morgan fingerprint density at radius 1 is 0.912 bits per heavy atom. The zero-order valence-electron chi connectivity index (χ0n) is 16.7. The van der Waals surface area contributed by atoms with Gasteiger partial charge in [0.25, 0.3) is 5.91 Å². The van der Waals surface area contributed by atoms with E-state index in [0.717, 1.165) is 6.20 Å². The van der Waals surface area contributed by atoms with E-state index in [0.29, 0.717) is 21.7 Å². The summed E-state index contributed by atoms with van der Waals surface area (Å²) in [5.41, 5.74) is 0.783. The van der Waals surface area contributed by atoms with Gasteiger partial charge in [-0.2, -0.15) is 0 Å². The van der Waals surface area contributed by atoms with Gasteiger partial charge in [-0.25, -0.2) is 13.8 Å². The molecule has 5 nitrogen and oxygen atoms in total. The lowest BCUT2D eigenvalue weighted by molar-refractivity contribution is -0.117. The smallest absolute Gasteiger partial charge is 0.258 e. The van der Waals surface area contributed by atoms with Gasteiger partial charge in [-0.05, 0) is 35.9 Å². The topological polar surface area (TPSA) is 71.1 Å². The molecule has 1 aliphatic rings. The summed E-state index contributed by atoms with van der Waals surface area (Å²) in [6.07, 6.45) is 0.751. The molecule has 4 rings (SSSR count). The van der Waals surface area contributed by atoms with Crippen LogP contribution in [-0.2, 0) is 4.79 Å². The summed E-state index contributed by atoms with van der Waals surface area (Å²) in [6.45, 7) is 0. The monoisotopic (exact) mass is 563 g/mol. The molecule has 2 N–H and O–H groups in total.